The van der Waals surface area contributed by atoms with Crippen LogP contribution in [-0.2, 0) is 11.2 Å². The SMILES string of the molecule is COc1c(C)c(C)cc(C)c1CC1CNCCO1. The van der Waals surface area contributed by atoms with Crippen LogP contribution < -0.4 is 10.1 Å². The molecular weight excluding hydrogens is 226 g/mol. The van der Waals surface area contributed by atoms with Gasteiger partial charge in [-0.1, -0.05) is 6.07 Å². The maximum atomic E-state index is 5.79. The summed E-state index contributed by atoms with van der Waals surface area (Å²) in [6.45, 7) is 9.09. The van der Waals surface area contributed by atoms with Gasteiger partial charge in [0.05, 0.1) is 19.8 Å². The minimum atomic E-state index is 0.258. The quantitative estimate of drug-likeness (QED) is 0.890. The van der Waals surface area contributed by atoms with Crippen LogP contribution in [0, 0.1) is 20.8 Å². The van der Waals surface area contributed by atoms with Gasteiger partial charge in [-0.2, -0.15) is 0 Å². The molecule has 1 fully saturated rings. The van der Waals surface area contributed by atoms with E-state index in [9.17, 15) is 0 Å². The second-order valence-electron chi connectivity index (χ2n) is 5.05. The highest BCUT2D eigenvalue weighted by Gasteiger charge is 2.19. The zero-order chi connectivity index (χ0) is 13.1. The molecule has 3 nitrogen and oxygen atoms in total. The molecule has 0 aromatic heterocycles. The Morgan fingerprint density at radius 2 is 2.11 bits per heavy atom. The zero-order valence-electron chi connectivity index (χ0n) is 11.8. The number of rotatable bonds is 3. The van der Waals surface area contributed by atoms with Gasteiger partial charge < -0.3 is 14.8 Å². The Labute approximate surface area is 109 Å². The molecule has 3 heteroatoms. The largest absolute Gasteiger partial charge is 0.496 e. The number of aryl methyl sites for hydroxylation is 2. The average Bonchev–Trinajstić information content (AvgIpc) is 2.37. The third-order valence-electron chi connectivity index (χ3n) is 3.76. The van der Waals surface area contributed by atoms with Gasteiger partial charge >= 0.3 is 0 Å². The van der Waals surface area contributed by atoms with E-state index in [4.69, 9.17) is 9.47 Å². The van der Waals surface area contributed by atoms with Crippen molar-refractivity contribution in [2.75, 3.05) is 26.8 Å². The monoisotopic (exact) mass is 249 g/mol. The molecule has 1 unspecified atom stereocenters. The van der Waals surface area contributed by atoms with Crippen molar-refractivity contribution in [3.05, 3.63) is 28.3 Å². The van der Waals surface area contributed by atoms with Gasteiger partial charge in [-0.15, -0.1) is 0 Å². The van der Waals surface area contributed by atoms with Crippen LogP contribution in [0.3, 0.4) is 0 Å². The highest BCUT2D eigenvalue weighted by molar-refractivity contribution is 5.50. The lowest BCUT2D eigenvalue weighted by Crippen LogP contribution is -2.39. The fourth-order valence-electron chi connectivity index (χ4n) is 2.61. The van der Waals surface area contributed by atoms with Crippen molar-refractivity contribution >= 4 is 0 Å². The molecule has 2 rings (SSSR count). The zero-order valence-corrected chi connectivity index (χ0v) is 11.8. The first-order valence-electron chi connectivity index (χ1n) is 6.59. The van der Waals surface area contributed by atoms with E-state index < -0.39 is 0 Å². The lowest BCUT2D eigenvalue weighted by molar-refractivity contribution is 0.0288. The number of benzene rings is 1. The summed E-state index contributed by atoms with van der Waals surface area (Å²) in [7, 11) is 1.75. The predicted molar refractivity (Wildman–Crippen MR) is 73.5 cm³/mol. The molecule has 18 heavy (non-hydrogen) atoms. The van der Waals surface area contributed by atoms with E-state index >= 15 is 0 Å². The number of morpholine rings is 1. The fraction of sp³-hybridized carbons (Fsp3) is 0.600. The number of hydrogen-bond acceptors (Lipinski definition) is 3. The van der Waals surface area contributed by atoms with Gasteiger partial charge in [0.25, 0.3) is 0 Å². The van der Waals surface area contributed by atoms with E-state index in [1.807, 2.05) is 0 Å². The minimum Gasteiger partial charge on any atom is -0.496 e. The lowest BCUT2D eigenvalue weighted by atomic mass is 9.95. The van der Waals surface area contributed by atoms with E-state index in [0.29, 0.717) is 0 Å². The molecule has 1 saturated heterocycles. The summed E-state index contributed by atoms with van der Waals surface area (Å²) in [6, 6.07) is 2.24. The molecular formula is C15H23NO2. The molecule has 1 heterocycles. The van der Waals surface area contributed by atoms with E-state index in [1.165, 1.54) is 22.3 Å². The third kappa shape index (κ3) is 2.68. The van der Waals surface area contributed by atoms with Crippen molar-refractivity contribution < 1.29 is 9.47 Å². The Morgan fingerprint density at radius 3 is 2.72 bits per heavy atom. The van der Waals surface area contributed by atoms with Crippen molar-refractivity contribution in [2.24, 2.45) is 0 Å². The second kappa shape index (κ2) is 5.72. The van der Waals surface area contributed by atoms with E-state index in [0.717, 1.165) is 31.9 Å². The molecule has 1 aromatic carbocycles. The summed E-state index contributed by atoms with van der Waals surface area (Å²) < 4.78 is 11.4. The van der Waals surface area contributed by atoms with Crippen LogP contribution in [-0.4, -0.2) is 32.9 Å². The molecule has 1 aliphatic heterocycles. The van der Waals surface area contributed by atoms with Crippen molar-refractivity contribution in [1.82, 2.24) is 5.32 Å². The standard InChI is InChI=1S/C15H23NO2/c1-10-7-11(2)14(15(17-4)12(10)3)8-13-9-16-5-6-18-13/h7,13,16H,5-6,8-9H2,1-4H3. The van der Waals surface area contributed by atoms with Gasteiger partial charge in [-0.05, 0) is 43.0 Å². The molecule has 1 aromatic rings. The van der Waals surface area contributed by atoms with Crippen LogP contribution in [0.5, 0.6) is 5.75 Å². The fourth-order valence-corrected chi connectivity index (χ4v) is 2.61. The van der Waals surface area contributed by atoms with Crippen molar-refractivity contribution in [3.8, 4) is 5.75 Å². The number of nitrogens with one attached hydrogen (secondary N) is 1. The summed E-state index contributed by atoms with van der Waals surface area (Å²) in [6.07, 6.45) is 1.18. The Balaban J connectivity index is 2.28. The Morgan fingerprint density at radius 1 is 1.33 bits per heavy atom. The van der Waals surface area contributed by atoms with Crippen LogP contribution in [0.4, 0.5) is 0 Å². The van der Waals surface area contributed by atoms with Gasteiger partial charge in [0.15, 0.2) is 0 Å². The average molecular weight is 249 g/mol. The summed E-state index contributed by atoms with van der Waals surface area (Å²) in [4.78, 5) is 0. The molecule has 0 amide bonds. The highest BCUT2D eigenvalue weighted by atomic mass is 16.5. The molecule has 0 radical (unpaired) electrons. The van der Waals surface area contributed by atoms with Crippen LogP contribution in [0.25, 0.3) is 0 Å². The smallest absolute Gasteiger partial charge is 0.125 e. The Hall–Kier alpha value is -1.06. The van der Waals surface area contributed by atoms with E-state index in [2.05, 4.69) is 32.2 Å². The molecule has 100 valence electrons. The molecule has 0 aliphatic carbocycles. The first kappa shape index (κ1) is 13.4. The first-order valence-corrected chi connectivity index (χ1v) is 6.59. The number of methoxy groups -OCH3 is 1. The van der Waals surface area contributed by atoms with Gasteiger partial charge in [0.2, 0.25) is 0 Å². The maximum absolute atomic E-state index is 5.79. The van der Waals surface area contributed by atoms with Gasteiger partial charge in [-0.25, -0.2) is 0 Å². The maximum Gasteiger partial charge on any atom is 0.125 e. The van der Waals surface area contributed by atoms with Gasteiger partial charge in [-0.3, -0.25) is 0 Å². The van der Waals surface area contributed by atoms with Crippen LogP contribution in [0.2, 0.25) is 0 Å². The molecule has 0 spiro atoms. The van der Waals surface area contributed by atoms with Crippen LogP contribution >= 0.6 is 0 Å². The number of ether oxygens (including phenoxy) is 2. The van der Waals surface area contributed by atoms with Crippen LogP contribution in [0.1, 0.15) is 22.3 Å². The summed E-state index contributed by atoms with van der Waals surface area (Å²) in [5.74, 6) is 1.03. The van der Waals surface area contributed by atoms with Gasteiger partial charge in [0, 0.05) is 19.5 Å². The molecule has 0 saturated carbocycles. The van der Waals surface area contributed by atoms with Gasteiger partial charge in [0.1, 0.15) is 5.75 Å². The van der Waals surface area contributed by atoms with Crippen molar-refractivity contribution in [1.29, 1.82) is 0 Å². The predicted octanol–water partition coefficient (Wildman–Crippen LogP) is 2.15. The normalized spacial score (nSPS) is 19.9. The summed E-state index contributed by atoms with van der Waals surface area (Å²) in [5.41, 5.74) is 5.11. The van der Waals surface area contributed by atoms with E-state index in [1.54, 1.807) is 7.11 Å². The summed E-state index contributed by atoms with van der Waals surface area (Å²) in [5, 5.41) is 3.37. The lowest BCUT2D eigenvalue weighted by Gasteiger charge is -2.26. The minimum absolute atomic E-state index is 0.258. The Bertz CT molecular complexity index is 423. The van der Waals surface area contributed by atoms with E-state index in [-0.39, 0.29) is 6.10 Å². The summed E-state index contributed by atoms with van der Waals surface area (Å²) >= 11 is 0. The topological polar surface area (TPSA) is 30.5 Å². The molecule has 1 aliphatic rings. The van der Waals surface area contributed by atoms with Crippen molar-refractivity contribution in [2.45, 2.75) is 33.3 Å². The van der Waals surface area contributed by atoms with Crippen molar-refractivity contribution in [3.63, 3.8) is 0 Å². The molecule has 1 N–H and O–H groups in total. The molecule has 0 bridgehead atoms. The number of hydrogen-bond donors (Lipinski definition) is 1. The second-order valence-corrected chi connectivity index (χ2v) is 5.05. The first-order chi connectivity index (χ1) is 8.63. The highest BCUT2D eigenvalue weighted by Crippen LogP contribution is 2.30. The van der Waals surface area contributed by atoms with Crippen LogP contribution in [0.15, 0.2) is 6.07 Å². The Kier molecular flexibility index (Phi) is 4.25. The third-order valence-corrected chi connectivity index (χ3v) is 3.76. The molecule has 1 atom stereocenters.